The van der Waals surface area contributed by atoms with Gasteiger partial charge in [0.25, 0.3) is 0 Å². The predicted molar refractivity (Wildman–Crippen MR) is 54.7 cm³/mol. The number of hydrogen-bond acceptors (Lipinski definition) is 2. The zero-order valence-electron chi connectivity index (χ0n) is 8.83. The van der Waals surface area contributed by atoms with Crippen molar-refractivity contribution in [1.82, 2.24) is 4.90 Å². The van der Waals surface area contributed by atoms with Crippen molar-refractivity contribution in [3.05, 3.63) is 0 Å². The van der Waals surface area contributed by atoms with E-state index in [9.17, 15) is 4.79 Å². The van der Waals surface area contributed by atoms with Crippen LogP contribution < -0.4 is 0 Å². The molecule has 0 heterocycles. The molecule has 0 N–H and O–H groups in total. The molecule has 0 aromatic rings. The Morgan fingerprint density at radius 1 is 1.15 bits per heavy atom. The molecule has 0 saturated heterocycles. The van der Waals surface area contributed by atoms with Gasteiger partial charge in [0.1, 0.15) is 6.29 Å². The van der Waals surface area contributed by atoms with Crippen LogP contribution in [0.5, 0.6) is 0 Å². The number of rotatable bonds is 4. The molecule has 0 unspecified atom stereocenters. The van der Waals surface area contributed by atoms with Crippen LogP contribution in [0, 0.1) is 5.92 Å². The molecule has 76 valence electrons. The first-order valence-electron chi connectivity index (χ1n) is 5.51. The summed E-state index contributed by atoms with van der Waals surface area (Å²) in [7, 11) is 0. The van der Waals surface area contributed by atoms with Crippen LogP contribution in [0.4, 0.5) is 0 Å². The second-order valence-corrected chi connectivity index (χ2v) is 3.93. The van der Waals surface area contributed by atoms with E-state index in [1.165, 1.54) is 12.8 Å². The molecule has 0 atom stereocenters. The molecule has 1 rings (SSSR count). The molecule has 0 bridgehead atoms. The van der Waals surface area contributed by atoms with Crippen LogP contribution >= 0.6 is 0 Å². The highest BCUT2D eigenvalue weighted by atomic mass is 16.1. The molecule has 1 aliphatic carbocycles. The van der Waals surface area contributed by atoms with Gasteiger partial charge in [0, 0.05) is 12.0 Å². The van der Waals surface area contributed by atoms with Gasteiger partial charge in [-0.25, -0.2) is 0 Å². The van der Waals surface area contributed by atoms with Crippen LogP contribution in [0.1, 0.15) is 39.5 Å². The Kier molecular flexibility index (Phi) is 4.43. The van der Waals surface area contributed by atoms with Gasteiger partial charge in [-0.05, 0) is 38.8 Å². The number of hydrogen-bond donors (Lipinski definition) is 0. The van der Waals surface area contributed by atoms with Crippen molar-refractivity contribution in [2.24, 2.45) is 5.92 Å². The molecule has 0 spiro atoms. The topological polar surface area (TPSA) is 20.3 Å². The lowest BCUT2D eigenvalue weighted by atomic mass is 9.86. The average molecular weight is 183 g/mol. The second kappa shape index (κ2) is 5.38. The molecule has 0 radical (unpaired) electrons. The number of carbonyl (C=O) groups is 1. The third-order valence-corrected chi connectivity index (χ3v) is 3.26. The van der Waals surface area contributed by atoms with Crippen molar-refractivity contribution in [2.45, 2.75) is 45.6 Å². The summed E-state index contributed by atoms with van der Waals surface area (Å²) in [6.45, 7) is 6.73. The second-order valence-electron chi connectivity index (χ2n) is 3.93. The number of carbonyl (C=O) groups excluding carboxylic acids is 1. The van der Waals surface area contributed by atoms with E-state index in [0.717, 1.165) is 38.3 Å². The van der Waals surface area contributed by atoms with Gasteiger partial charge in [0.2, 0.25) is 0 Å². The summed E-state index contributed by atoms with van der Waals surface area (Å²) in [5, 5.41) is 0. The van der Waals surface area contributed by atoms with Gasteiger partial charge in [-0.1, -0.05) is 13.8 Å². The van der Waals surface area contributed by atoms with E-state index in [0.29, 0.717) is 5.92 Å². The van der Waals surface area contributed by atoms with Crippen LogP contribution in [-0.4, -0.2) is 30.3 Å². The quantitative estimate of drug-likeness (QED) is 0.622. The van der Waals surface area contributed by atoms with E-state index < -0.39 is 0 Å². The highest BCUT2D eigenvalue weighted by Gasteiger charge is 2.23. The summed E-state index contributed by atoms with van der Waals surface area (Å²) in [5.41, 5.74) is 0. The van der Waals surface area contributed by atoms with E-state index in [1.54, 1.807) is 0 Å². The molecule has 1 fully saturated rings. The summed E-state index contributed by atoms with van der Waals surface area (Å²) >= 11 is 0. The largest absolute Gasteiger partial charge is 0.303 e. The minimum absolute atomic E-state index is 0.354. The third kappa shape index (κ3) is 2.80. The first kappa shape index (κ1) is 10.7. The molecule has 0 aromatic carbocycles. The Bertz CT molecular complexity index is 146. The number of nitrogens with zero attached hydrogens (tertiary/aromatic N) is 1. The summed E-state index contributed by atoms with van der Waals surface area (Å²) in [4.78, 5) is 13.1. The smallest absolute Gasteiger partial charge is 0.123 e. The molecule has 2 nitrogen and oxygen atoms in total. The van der Waals surface area contributed by atoms with Gasteiger partial charge in [0.15, 0.2) is 0 Å². The molecule has 0 aliphatic heterocycles. The fourth-order valence-corrected chi connectivity index (χ4v) is 2.34. The fourth-order valence-electron chi connectivity index (χ4n) is 2.34. The summed E-state index contributed by atoms with van der Waals surface area (Å²) in [5.74, 6) is 0.354. The first-order chi connectivity index (χ1) is 6.31. The first-order valence-corrected chi connectivity index (χ1v) is 5.51. The monoisotopic (exact) mass is 183 g/mol. The Morgan fingerprint density at radius 2 is 1.69 bits per heavy atom. The van der Waals surface area contributed by atoms with Gasteiger partial charge >= 0.3 is 0 Å². The lowest BCUT2D eigenvalue weighted by Crippen LogP contribution is -2.37. The Morgan fingerprint density at radius 3 is 2.08 bits per heavy atom. The highest BCUT2D eigenvalue weighted by molar-refractivity contribution is 5.53. The van der Waals surface area contributed by atoms with E-state index in [-0.39, 0.29) is 0 Å². The van der Waals surface area contributed by atoms with Crippen molar-refractivity contribution >= 4 is 6.29 Å². The highest BCUT2D eigenvalue weighted by Crippen LogP contribution is 2.25. The molecule has 13 heavy (non-hydrogen) atoms. The third-order valence-electron chi connectivity index (χ3n) is 3.26. The maximum atomic E-state index is 10.6. The zero-order valence-corrected chi connectivity index (χ0v) is 8.83. The van der Waals surface area contributed by atoms with Crippen molar-refractivity contribution in [3.8, 4) is 0 Å². The van der Waals surface area contributed by atoms with Crippen LogP contribution in [0.3, 0.4) is 0 Å². The minimum Gasteiger partial charge on any atom is -0.303 e. The molecule has 0 amide bonds. The molecule has 1 saturated carbocycles. The average Bonchev–Trinajstić information content (AvgIpc) is 2.21. The standard InChI is InChI=1S/C11H21NO/c1-3-12(4-2)11-7-5-10(9-13)6-8-11/h9-11H,3-8H2,1-2H3. The van der Waals surface area contributed by atoms with Crippen LogP contribution in [0.2, 0.25) is 0 Å². The summed E-state index contributed by atoms with van der Waals surface area (Å²) in [6, 6.07) is 0.742. The zero-order chi connectivity index (χ0) is 9.68. The van der Waals surface area contributed by atoms with Gasteiger partial charge in [-0.15, -0.1) is 0 Å². The fraction of sp³-hybridized carbons (Fsp3) is 0.909. The van der Waals surface area contributed by atoms with Gasteiger partial charge in [-0.3, -0.25) is 0 Å². The molecular formula is C11H21NO. The van der Waals surface area contributed by atoms with E-state index >= 15 is 0 Å². The predicted octanol–water partition coefficient (Wildman–Crippen LogP) is 2.09. The molecular weight excluding hydrogens is 162 g/mol. The van der Waals surface area contributed by atoms with E-state index in [1.807, 2.05) is 0 Å². The van der Waals surface area contributed by atoms with Gasteiger partial charge in [-0.2, -0.15) is 0 Å². The normalized spacial score (nSPS) is 29.2. The Balaban J connectivity index is 2.34. The molecule has 0 aromatic heterocycles. The van der Waals surface area contributed by atoms with E-state index in [2.05, 4.69) is 18.7 Å². The molecule has 2 heteroatoms. The van der Waals surface area contributed by atoms with Crippen LogP contribution in [-0.2, 0) is 4.79 Å². The van der Waals surface area contributed by atoms with Crippen molar-refractivity contribution in [2.75, 3.05) is 13.1 Å². The number of aldehydes is 1. The summed E-state index contributed by atoms with van der Waals surface area (Å²) < 4.78 is 0. The lowest BCUT2D eigenvalue weighted by Gasteiger charge is -2.34. The van der Waals surface area contributed by atoms with Gasteiger partial charge < -0.3 is 9.69 Å². The van der Waals surface area contributed by atoms with Crippen molar-refractivity contribution < 1.29 is 4.79 Å². The lowest BCUT2D eigenvalue weighted by molar-refractivity contribution is -0.112. The molecule has 1 aliphatic rings. The SMILES string of the molecule is CCN(CC)C1CCC(C=O)CC1. The van der Waals surface area contributed by atoms with Crippen molar-refractivity contribution in [1.29, 1.82) is 0 Å². The van der Waals surface area contributed by atoms with E-state index in [4.69, 9.17) is 0 Å². The van der Waals surface area contributed by atoms with Crippen LogP contribution in [0.25, 0.3) is 0 Å². The van der Waals surface area contributed by atoms with Gasteiger partial charge in [0.05, 0.1) is 0 Å². The Hall–Kier alpha value is -0.370. The van der Waals surface area contributed by atoms with Crippen molar-refractivity contribution in [3.63, 3.8) is 0 Å². The Labute approximate surface area is 81.3 Å². The maximum absolute atomic E-state index is 10.6. The minimum atomic E-state index is 0.354. The van der Waals surface area contributed by atoms with Crippen LogP contribution in [0.15, 0.2) is 0 Å². The summed E-state index contributed by atoms with van der Waals surface area (Å²) in [6.07, 6.45) is 5.77. The maximum Gasteiger partial charge on any atom is 0.123 e.